The second kappa shape index (κ2) is 8.88. The Balaban J connectivity index is 1.59. The Kier molecular flexibility index (Phi) is 5.74. The van der Waals surface area contributed by atoms with Gasteiger partial charge in [0.1, 0.15) is 11.2 Å². The second-order valence-corrected chi connectivity index (χ2v) is 14.1. The summed E-state index contributed by atoms with van der Waals surface area (Å²) in [5.74, 6) is -0.0254. The Labute approximate surface area is 231 Å². The quantitative estimate of drug-likeness (QED) is 0.314. The maximum Gasteiger partial charge on any atom is 0.361 e. The molecule has 3 heterocycles. The Hall–Kier alpha value is -2.75. The van der Waals surface area contributed by atoms with Crippen LogP contribution in [0.1, 0.15) is 61.8 Å². The van der Waals surface area contributed by atoms with Crippen molar-refractivity contribution in [1.82, 2.24) is 0 Å². The van der Waals surface area contributed by atoms with Crippen LogP contribution in [0, 0.1) is 11.3 Å². The van der Waals surface area contributed by atoms with Crippen molar-refractivity contribution in [3.63, 3.8) is 0 Å². The summed E-state index contributed by atoms with van der Waals surface area (Å²) in [5.41, 5.74) is 4.10. The van der Waals surface area contributed by atoms with Gasteiger partial charge in [0.25, 0.3) is 0 Å². The van der Waals surface area contributed by atoms with Gasteiger partial charge >= 0.3 is 7.60 Å². The van der Waals surface area contributed by atoms with E-state index in [9.17, 15) is 4.57 Å². The first-order chi connectivity index (χ1) is 18.8. The Morgan fingerprint density at radius 2 is 1.38 bits per heavy atom. The number of benzene rings is 3. The van der Waals surface area contributed by atoms with Crippen molar-refractivity contribution < 1.29 is 18.3 Å². The van der Waals surface area contributed by atoms with Gasteiger partial charge in [-0.05, 0) is 47.1 Å². The minimum Gasteiger partial charge on any atom is -0.344 e. The molecule has 200 valence electrons. The highest BCUT2D eigenvalue weighted by molar-refractivity contribution is 7.59. The van der Waals surface area contributed by atoms with Crippen LogP contribution in [0.3, 0.4) is 0 Å². The zero-order valence-electron chi connectivity index (χ0n) is 22.7. The molecule has 1 saturated heterocycles. The minimum absolute atomic E-state index is 0.0254. The zero-order chi connectivity index (χ0) is 26.9. The predicted octanol–water partition coefficient (Wildman–Crippen LogP) is 8.48. The van der Waals surface area contributed by atoms with Gasteiger partial charge in [-0.3, -0.25) is 4.57 Å². The predicted molar refractivity (Wildman–Crippen MR) is 153 cm³/mol. The average Bonchev–Trinajstić information content (AvgIpc) is 3.24. The molecule has 0 unspecified atom stereocenters. The molecule has 5 heteroatoms. The number of ether oxygens (including phenoxy) is 1. The highest BCUT2D eigenvalue weighted by atomic mass is 31.2. The first-order valence-electron chi connectivity index (χ1n) is 14.1. The highest BCUT2D eigenvalue weighted by Gasteiger charge is 2.65. The number of fused-ring (bicyclic) bond motifs is 7. The lowest BCUT2D eigenvalue weighted by atomic mass is 9.65. The van der Waals surface area contributed by atoms with E-state index in [1.165, 1.54) is 0 Å². The van der Waals surface area contributed by atoms with Crippen molar-refractivity contribution in [2.45, 2.75) is 50.7 Å². The standard InChI is InChI=1S/C34H35O4P/c1-24-31(39(35)36-22-32(2,3)23-37-39)27-18-10-11-19-28(27)34(26-16-8-5-9-17-26)30-21-13-12-20-29(30)33(24,38-34)25-14-6-4-7-15-25/h4-9,12-17,20-21,28H,1,10-11,18-19,22-23H2,2-3H3/t28-,33-,34-/m0/s1. The Morgan fingerprint density at radius 3 is 2.05 bits per heavy atom. The van der Waals surface area contributed by atoms with Crippen LogP contribution in [0.15, 0.2) is 108 Å². The van der Waals surface area contributed by atoms with Crippen molar-refractivity contribution in [3.05, 3.63) is 130 Å². The molecular formula is C34H35O4P. The van der Waals surface area contributed by atoms with E-state index in [2.05, 4.69) is 74.5 Å². The van der Waals surface area contributed by atoms with Crippen molar-refractivity contribution in [2.75, 3.05) is 13.2 Å². The van der Waals surface area contributed by atoms with E-state index in [0.29, 0.717) is 24.1 Å². The molecule has 3 aromatic carbocycles. The van der Waals surface area contributed by atoms with Crippen LogP contribution < -0.4 is 0 Å². The van der Waals surface area contributed by atoms with E-state index in [1.54, 1.807) is 0 Å². The molecular weight excluding hydrogens is 503 g/mol. The van der Waals surface area contributed by atoms with Gasteiger partial charge in [-0.25, -0.2) is 0 Å². The molecule has 4 nitrogen and oxygen atoms in total. The van der Waals surface area contributed by atoms with Crippen molar-refractivity contribution in [3.8, 4) is 0 Å². The maximum absolute atomic E-state index is 14.9. The Morgan fingerprint density at radius 1 is 0.795 bits per heavy atom. The third-order valence-corrected chi connectivity index (χ3v) is 11.1. The van der Waals surface area contributed by atoms with Crippen LogP contribution in [-0.2, 0) is 29.6 Å². The highest BCUT2D eigenvalue weighted by Crippen LogP contribution is 2.73. The molecule has 2 bridgehead atoms. The summed E-state index contributed by atoms with van der Waals surface area (Å²) in [6, 6.07) is 29.4. The van der Waals surface area contributed by atoms with E-state index < -0.39 is 18.8 Å². The van der Waals surface area contributed by atoms with Gasteiger partial charge in [-0.2, -0.15) is 0 Å². The smallest absolute Gasteiger partial charge is 0.344 e. The molecule has 0 radical (unpaired) electrons. The van der Waals surface area contributed by atoms with E-state index >= 15 is 0 Å². The summed E-state index contributed by atoms with van der Waals surface area (Å²) in [5, 5.41) is 0.666. The maximum atomic E-state index is 14.9. The molecule has 1 saturated carbocycles. The van der Waals surface area contributed by atoms with Crippen LogP contribution in [-0.4, -0.2) is 13.2 Å². The first kappa shape index (κ1) is 25.2. The molecule has 0 N–H and O–H groups in total. The molecule has 2 fully saturated rings. The molecule has 3 aliphatic heterocycles. The summed E-state index contributed by atoms with van der Waals surface area (Å²) in [6.07, 6.45) is 3.85. The number of rotatable bonds is 3. The largest absolute Gasteiger partial charge is 0.361 e. The SMILES string of the molecule is C=C1C(P2(=O)OCC(C)(C)CO2)=C2CCCC[C@@H]2[C@]2(c3ccccc3)O[C@@]1(c1ccccc1)c1ccccc12. The monoisotopic (exact) mass is 538 g/mol. The van der Waals surface area contributed by atoms with Gasteiger partial charge in [-0.1, -0.05) is 112 Å². The van der Waals surface area contributed by atoms with Gasteiger partial charge in [0, 0.05) is 16.9 Å². The topological polar surface area (TPSA) is 44.8 Å². The number of hydrogen-bond donors (Lipinski definition) is 0. The fraction of sp³-hybridized carbons (Fsp3) is 0.353. The van der Waals surface area contributed by atoms with Crippen molar-refractivity contribution in [1.29, 1.82) is 0 Å². The van der Waals surface area contributed by atoms with E-state index in [1.807, 2.05) is 24.3 Å². The van der Waals surface area contributed by atoms with Gasteiger partial charge in [0.2, 0.25) is 0 Å². The molecule has 4 aliphatic rings. The third kappa shape index (κ3) is 3.52. The molecule has 3 aromatic rings. The van der Waals surface area contributed by atoms with Gasteiger partial charge in [-0.15, -0.1) is 0 Å². The molecule has 3 atom stereocenters. The van der Waals surface area contributed by atoms with E-state index in [4.69, 9.17) is 20.4 Å². The zero-order valence-corrected chi connectivity index (χ0v) is 23.6. The molecule has 0 amide bonds. The van der Waals surface area contributed by atoms with Gasteiger partial charge in [0.05, 0.1) is 18.5 Å². The molecule has 0 aromatic heterocycles. The fourth-order valence-electron chi connectivity index (χ4n) is 7.28. The summed E-state index contributed by atoms with van der Waals surface area (Å²) in [7, 11) is -3.67. The van der Waals surface area contributed by atoms with Crippen molar-refractivity contribution in [2.24, 2.45) is 11.3 Å². The van der Waals surface area contributed by atoms with Crippen LogP contribution in [0.5, 0.6) is 0 Å². The lowest BCUT2D eigenvalue weighted by Crippen LogP contribution is -2.40. The van der Waals surface area contributed by atoms with Crippen LogP contribution >= 0.6 is 7.60 Å². The lowest BCUT2D eigenvalue weighted by molar-refractivity contribution is -0.103. The first-order valence-corrected chi connectivity index (χ1v) is 15.6. The molecule has 7 rings (SSSR count). The van der Waals surface area contributed by atoms with E-state index in [-0.39, 0.29) is 11.3 Å². The lowest BCUT2D eigenvalue weighted by Gasteiger charge is -2.42. The summed E-state index contributed by atoms with van der Waals surface area (Å²) in [4.78, 5) is 0. The summed E-state index contributed by atoms with van der Waals surface area (Å²) < 4.78 is 35.1. The normalized spacial score (nSPS) is 30.8. The fourth-order valence-corrected chi connectivity index (χ4v) is 9.76. The van der Waals surface area contributed by atoms with Gasteiger partial charge in [0.15, 0.2) is 0 Å². The summed E-state index contributed by atoms with van der Waals surface area (Å²) in [6.45, 7) is 9.65. The van der Waals surface area contributed by atoms with Crippen LogP contribution in [0.2, 0.25) is 0 Å². The van der Waals surface area contributed by atoms with Gasteiger partial charge < -0.3 is 13.8 Å². The average molecular weight is 539 g/mol. The van der Waals surface area contributed by atoms with Crippen LogP contribution in [0.25, 0.3) is 0 Å². The molecule has 1 aliphatic carbocycles. The third-order valence-electron chi connectivity index (χ3n) is 9.04. The number of hydrogen-bond acceptors (Lipinski definition) is 4. The summed E-state index contributed by atoms with van der Waals surface area (Å²) >= 11 is 0. The minimum atomic E-state index is -3.67. The van der Waals surface area contributed by atoms with E-state index in [0.717, 1.165) is 53.5 Å². The second-order valence-electron chi connectivity index (χ2n) is 12.2. The van der Waals surface area contributed by atoms with Crippen LogP contribution in [0.4, 0.5) is 0 Å². The molecule has 39 heavy (non-hydrogen) atoms. The van der Waals surface area contributed by atoms with Crippen molar-refractivity contribution >= 4 is 7.60 Å². The molecule has 0 spiro atoms. The Bertz CT molecular complexity index is 1510.